The summed E-state index contributed by atoms with van der Waals surface area (Å²) in [5.41, 5.74) is 19.8. The Bertz CT molecular complexity index is 4170. The van der Waals surface area contributed by atoms with Crippen LogP contribution in [-0.4, -0.2) is 0 Å². The maximum Gasteiger partial charge on any atom is 0.132 e. The zero-order valence-electron chi connectivity index (χ0n) is 38.8. The SMILES string of the molecule is c1ccc2c(c1)Oc1ccccc1C21c2ccccc2-c2cc(N(c3ccc(-c4ccc5sc6ccccc6c5c4)cc3)c3ccc4c(c3)C3(c5ccccc5Sc5ccccc53)c3ccccc3-4)ccc21. The van der Waals surface area contributed by atoms with Crippen molar-refractivity contribution in [2.45, 2.75) is 20.6 Å². The van der Waals surface area contributed by atoms with Crippen LogP contribution in [0, 0.1) is 0 Å². The maximum absolute atomic E-state index is 6.69. The molecule has 0 N–H and O–H groups in total. The van der Waals surface area contributed by atoms with Gasteiger partial charge in [-0.2, -0.15) is 0 Å². The highest BCUT2D eigenvalue weighted by molar-refractivity contribution is 7.99. The topological polar surface area (TPSA) is 12.5 Å². The first-order valence-electron chi connectivity index (χ1n) is 24.7. The second-order valence-corrected chi connectivity index (χ2v) is 21.6. The van der Waals surface area contributed by atoms with E-state index in [0.29, 0.717) is 0 Å². The molecule has 11 aromatic carbocycles. The Kier molecular flexibility index (Phi) is 8.43. The first-order chi connectivity index (χ1) is 35.7. The minimum atomic E-state index is -0.553. The molecule has 2 nitrogen and oxygen atoms in total. The second kappa shape index (κ2) is 15.1. The van der Waals surface area contributed by atoms with E-state index in [-0.39, 0.29) is 0 Å². The van der Waals surface area contributed by atoms with Gasteiger partial charge in [-0.25, -0.2) is 0 Å². The first-order valence-corrected chi connectivity index (χ1v) is 26.4. The number of anilines is 3. The van der Waals surface area contributed by atoms with Crippen LogP contribution in [0.15, 0.2) is 259 Å². The molecule has 0 radical (unpaired) electrons. The van der Waals surface area contributed by atoms with Crippen molar-refractivity contribution < 1.29 is 4.74 Å². The molecule has 0 fully saturated rings. The summed E-state index contributed by atoms with van der Waals surface area (Å²) < 4.78 is 9.33. The highest BCUT2D eigenvalue weighted by atomic mass is 32.2. The fourth-order valence-electron chi connectivity index (χ4n) is 13.1. The lowest BCUT2D eigenvalue weighted by Crippen LogP contribution is -2.32. The van der Waals surface area contributed by atoms with Gasteiger partial charge in [0.25, 0.3) is 0 Å². The van der Waals surface area contributed by atoms with Gasteiger partial charge in [0.1, 0.15) is 11.5 Å². The summed E-state index contributed by atoms with van der Waals surface area (Å²) >= 11 is 3.75. The molecule has 4 aliphatic rings. The molecule has 2 spiro atoms. The van der Waals surface area contributed by atoms with Crippen LogP contribution in [0.4, 0.5) is 17.1 Å². The highest BCUT2D eigenvalue weighted by Crippen LogP contribution is 2.65. The Balaban J connectivity index is 0.929. The minimum Gasteiger partial charge on any atom is -0.457 e. The highest BCUT2D eigenvalue weighted by Gasteiger charge is 2.52. The van der Waals surface area contributed by atoms with Gasteiger partial charge in [0.2, 0.25) is 0 Å². The van der Waals surface area contributed by atoms with E-state index in [1.54, 1.807) is 0 Å². The van der Waals surface area contributed by atoms with Crippen molar-refractivity contribution in [3.63, 3.8) is 0 Å². The number of para-hydroxylation sites is 2. The third-order valence-electron chi connectivity index (χ3n) is 16.0. The van der Waals surface area contributed by atoms with Gasteiger partial charge in [0.05, 0.1) is 10.8 Å². The van der Waals surface area contributed by atoms with E-state index >= 15 is 0 Å². The van der Waals surface area contributed by atoms with E-state index in [2.05, 4.69) is 254 Å². The van der Waals surface area contributed by atoms with Gasteiger partial charge >= 0.3 is 0 Å². The average molecular weight is 952 g/mol. The molecular formula is C68H41NOS2. The van der Waals surface area contributed by atoms with Crippen molar-refractivity contribution in [1.29, 1.82) is 0 Å². The van der Waals surface area contributed by atoms with Crippen LogP contribution in [0.2, 0.25) is 0 Å². The van der Waals surface area contributed by atoms with E-state index < -0.39 is 10.8 Å². The van der Waals surface area contributed by atoms with E-state index in [1.165, 1.54) is 108 Å². The predicted molar refractivity (Wildman–Crippen MR) is 298 cm³/mol. The normalized spacial score (nSPS) is 14.4. The fourth-order valence-corrected chi connectivity index (χ4v) is 15.4. The quantitative estimate of drug-likeness (QED) is 0.174. The summed E-state index contributed by atoms with van der Waals surface area (Å²) in [6.45, 7) is 0. The Hall–Kier alpha value is -8.41. The Labute approximate surface area is 426 Å². The van der Waals surface area contributed by atoms with Gasteiger partial charge in [-0.05, 0) is 146 Å². The van der Waals surface area contributed by atoms with Gasteiger partial charge < -0.3 is 9.64 Å². The molecule has 2 aliphatic heterocycles. The van der Waals surface area contributed by atoms with Crippen LogP contribution >= 0.6 is 23.1 Å². The van der Waals surface area contributed by atoms with Crippen molar-refractivity contribution in [3.05, 3.63) is 293 Å². The van der Waals surface area contributed by atoms with Crippen molar-refractivity contribution in [2.75, 3.05) is 4.90 Å². The number of fused-ring (bicyclic) bond motifs is 21. The number of ether oxygens (including phenoxy) is 1. The van der Waals surface area contributed by atoms with Crippen molar-refractivity contribution in [1.82, 2.24) is 0 Å². The van der Waals surface area contributed by atoms with Gasteiger partial charge in [-0.3, -0.25) is 0 Å². The molecule has 0 bridgehead atoms. The number of nitrogens with zero attached hydrogens (tertiary/aromatic N) is 1. The number of rotatable bonds is 4. The molecule has 72 heavy (non-hydrogen) atoms. The Morgan fingerprint density at radius 1 is 0.306 bits per heavy atom. The molecule has 0 saturated carbocycles. The molecule has 0 saturated heterocycles. The molecular weight excluding hydrogens is 911 g/mol. The van der Waals surface area contributed by atoms with Crippen LogP contribution < -0.4 is 9.64 Å². The zero-order chi connectivity index (χ0) is 47.1. The standard InChI is InChI=1S/C68H41NOS2/c1-4-18-53-47(15-1)49-36-34-46(41-60(49)68(53)58-22-8-13-27-65(58)72-66-28-14-9-23-59(66)68)69(44-32-29-42(30-33-44)43-31-38-64-52(39-43)50-17-3-12-26-63(50)71-64)45-35-37-55-51(40-45)48-16-2-5-19-54(48)67(55)56-20-6-10-24-61(56)70-62-25-11-7-21-57(62)67/h1-41H. The van der Waals surface area contributed by atoms with Crippen LogP contribution in [0.5, 0.6) is 11.5 Å². The number of hydrogen-bond donors (Lipinski definition) is 0. The minimum absolute atomic E-state index is 0.506. The number of thiophene rings is 1. The summed E-state index contributed by atoms with van der Waals surface area (Å²) in [5.74, 6) is 1.79. The van der Waals surface area contributed by atoms with E-state index in [9.17, 15) is 0 Å². The lowest BCUT2D eigenvalue weighted by molar-refractivity contribution is 0.436. The summed E-state index contributed by atoms with van der Waals surface area (Å²) in [4.78, 5) is 5.09. The Morgan fingerprint density at radius 3 is 1.50 bits per heavy atom. The molecule has 0 unspecified atom stereocenters. The fraction of sp³-hybridized carbons (Fsp3) is 0.0294. The molecule has 336 valence electrons. The van der Waals surface area contributed by atoms with Gasteiger partial charge in [0, 0.05) is 58.2 Å². The van der Waals surface area contributed by atoms with Gasteiger partial charge in [0.15, 0.2) is 0 Å². The molecule has 0 amide bonds. The molecule has 16 rings (SSSR count). The number of hydrogen-bond acceptors (Lipinski definition) is 4. The van der Waals surface area contributed by atoms with Crippen LogP contribution in [-0.2, 0) is 10.8 Å². The molecule has 2 aliphatic carbocycles. The molecule has 4 heteroatoms. The zero-order valence-corrected chi connectivity index (χ0v) is 40.5. The van der Waals surface area contributed by atoms with E-state index in [1.807, 2.05) is 23.1 Å². The predicted octanol–water partition coefficient (Wildman–Crippen LogP) is 18.5. The van der Waals surface area contributed by atoms with E-state index in [0.717, 1.165) is 28.6 Å². The lowest BCUT2D eigenvalue weighted by Gasteiger charge is -2.40. The van der Waals surface area contributed by atoms with Gasteiger partial charge in [-0.1, -0.05) is 182 Å². The molecule has 3 heterocycles. The third kappa shape index (κ3) is 5.35. The van der Waals surface area contributed by atoms with Crippen molar-refractivity contribution in [2.24, 2.45) is 0 Å². The van der Waals surface area contributed by atoms with Crippen molar-refractivity contribution in [3.8, 4) is 44.9 Å². The van der Waals surface area contributed by atoms with Crippen LogP contribution in [0.25, 0.3) is 53.6 Å². The maximum atomic E-state index is 6.69. The average Bonchev–Trinajstić information content (AvgIpc) is 4.07. The summed E-state index contributed by atoms with van der Waals surface area (Å²) in [5, 5.41) is 2.62. The van der Waals surface area contributed by atoms with E-state index in [4.69, 9.17) is 4.74 Å². The number of benzene rings is 11. The summed E-state index contributed by atoms with van der Waals surface area (Å²) in [7, 11) is 0. The lowest BCUT2D eigenvalue weighted by atomic mass is 9.66. The second-order valence-electron chi connectivity index (χ2n) is 19.4. The molecule has 12 aromatic rings. The summed E-state index contributed by atoms with van der Waals surface area (Å²) in [6, 6.07) is 92.9. The smallest absolute Gasteiger partial charge is 0.132 e. The van der Waals surface area contributed by atoms with Crippen LogP contribution in [0.1, 0.15) is 44.5 Å². The largest absolute Gasteiger partial charge is 0.457 e. The Morgan fingerprint density at radius 2 is 0.792 bits per heavy atom. The summed E-state index contributed by atoms with van der Waals surface area (Å²) in [6.07, 6.45) is 0. The van der Waals surface area contributed by atoms with Crippen molar-refractivity contribution >= 4 is 60.3 Å². The molecule has 1 aromatic heterocycles. The first kappa shape index (κ1) is 40.3. The van der Waals surface area contributed by atoms with Crippen LogP contribution in [0.3, 0.4) is 0 Å². The van der Waals surface area contributed by atoms with Gasteiger partial charge in [-0.15, -0.1) is 11.3 Å². The third-order valence-corrected chi connectivity index (χ3v) is 18.3. The molecule has 0 atom stereocenters. The monoisotopic (exact) mass is 951 g/mol.